The lowest BCUT2D eigenvalue weighted by Crippen LogP contribution is -2.28. The number of fused-ring (bicyclic) bond motifs is 1. The van der Waals surface area contributed by atoms with Gasteiger partial charge in [0, 0.05) is 5.69 Å². The topological polar surface area (TPSA) is 52.7 Å². The number of nitrogens with zero attached hydrogens (tertiary/aromatic N) is 1. The zero-order chi connectivity index (χ0) is 15.5. The molecule has 2 aromatic carbocycles. The van der Waals surface area contributed by atoms with Crippen molar-refractivity contribution >= 4 is 45.7 Å². The third kappa shape index (κ3) is 3.35. The maximum absolute atomic E-state index is 13.3. The number of benzene rings is 2. The lowest BCUT2D eigenvalue weighted by Gasteiger charge is -2.09. The summed E-state index contributed by atoms with van der Waals surface area (Å²) in [4.78, 5) is 7.63. The molecule has 0 aliphatic carbocycles. The molecule has 0 saturated carbocycles. The van der Waals surface area contributed by atoms with Gasteiger partial charge in [-0.15, -0.1) is 0 Å². The number of rotatable bonds is 3. The summed E-state index contributed by atoms with van der Waals surface area (Å²) in [7, 11) is 0. The molecule has 0 aliphatic rings. The van der Waals surface area contributed by atoms with Crippen LogP contribution in [0, 0.1) is 5.82 Å². The van der Waals surface area contributed by atoms with Crippen LogP contribution in [-0.4, -0.2) is 15.1 Å². The molecule has 3 rings (SSSR count). The predicted octanol–water partition coefficient (Wildman–Crippen LogP) is 3.84. The smallest absolute Gasteiger partial charge is 0.171 e. The normalized spacial score (nSPS) is 10.6. The van der Waals surface area contributed by atoms with Crippen molar-refractivity contribution in [3.05, 3.63) is 59.1 Å². The molecule has 0 amide bonds. The molecule has 0 spiro atoms. The Morgan fingerprint density at radius 2 is 2.09 bits per heavy atom. The van der Waals surface area contributed by atoms with Crippen LogP contribution < -0.4 is 10.6 Å². The number of aromatic nitrogens is 2. The summed E-state index contributed by atoms with van der Waals surface area (Å²) in [5.41, 5.74) is 2.40. The van der Waals surface area contributed by atoms with Crippen molar-refractivity contribution in [1.29, 1.82) is 0 Å². The van der Waals surface area contributed by atoms with Crippen LogP contribution in [0.4, 0.5) is 10.1 Å². The van der Waals surface area contributed by atoms with Gasteiger partial charge in [0.05, 0.1) is 22.6 Å². The summed E-state index contributed by atoms with van der Waals surface area (Å²) >= 11 is 10.8. The first-order valence-corrected chi connectivity index (χ1v) is 7.34. The molecule has 0 bridgehead atoms. The number of H-pyrrole nitrogens is 1. The Morgan fingerprint density at radius 1 is 1.27 bits per heavy atom. The SMILES string of the molecule is Fc1cc(NC(=S)NCc2nc3ccccc3[nH]2)ccc1Cl. The van der Waals surface area contributed by atoms with E-state index >= 15 is 0 Å². The molecule has 112 valence electrons. The molecule has 1 heterocycles. The van der Waals surface area contributed by atoms with Crippen LogP contribution in [0.25, 0.3) is 11.0 Å². The van der Waals surface area contributed by atoms with Crippen LogP contribution in [0.1, 0.15) is 5.82 Å². The van der Waals surface area contributed by atoms with Gasteiger partial charge < -0.3 is 15.6 Å². The molecular formula is C15H12ClFN4S. The summed E-state index contributed by atoms with van der Waals surface area (Å²) in [6.07, 6.45) is 0. The number of anilines is 1. The highest BCUT2D eigenvalue weighted by Gasteiger charge is 2.05. The van der Waals surface area contributed by atoms with Crippen LogP contribution in [0.3, 0.4) is 0 Å². The maximum Gasteiger partial charge on any atom is 0.171 e. The van der Waals surface area contributed by atoms with Crippen molar-refractivity contribution in [3.8, 4) is 0 Å². The quantitative estimate of drug-likeness (QED) is 0.637. The van der Waals surface area contributed by atoms with Crippen LogP contribution in [0.2, 0.25) is 5.02 Å². The van der Waals surface area contributed by atoms with Gasteiger partial charge in [-0.25, -0.2) is 9.37 Å². The van der Waals surface area contributed by atoms with Gasteiger partial charge in [-0.05, 0) is 42.5 Å². The number of hydrogen-bond acceptors (Lipinski definition) is 2. The molecule has 3 N–H and O–H groups in total. The van der Waals surface area contributed by atoms with E-state index in [2.05, 4.69) is 20.6 Å². The zero-order valence-electron chi connectivity index (χ0n) is 11.4. The number of imidazole rings is 1. The van der Waals surface area contributed by atoms with E-state index in [4.69, 9.17) is 23.8 Å². The minimum absolute atomic E-state index is 0.0757. The van der Waals surface area contributed by atoms with E-state index in [9.17, 15) is 4.39 Å². The third-order valence-corrected chi connectivity index (χ3v) is 3.59. The highest BCUT2D eigenvalue weighted by molar-refractivity contribution is 7.80. The fourth-order valence-electron chi connectivity index (χ4n) is 2.00. The number of thiocarbonyl (C=S) groups is 1. The van der Waals surface area contributed by atoms with E-state index < -0.39 is 5.82 Å². The Balaban J connectivity index is 1.60. The average molecular weight is 335 g/mol. The lowest BCUT2D eigenvalue weighted by atomic mass is 10.3. The summed E-state index contributed by atoms with van der Waals surface area (Å²) in [5, 5.41) is 6.36. The van der Waals surface area contributed by atoms with Crippen LogP contribution in [0.15, 0.2) is 42.5 Å². The minimum Gasteiger partial charge on any atom is -0.355 e. The minimum atomic E-state index is -0.494. The number of para-hydroxylation sites is 2. The third-order valence-electron chi connectivity index (χ3n) is 3.03. The first-order valence-electron chi connectivity index (χ1n) is 6.55. The highest BCUT2D eigenvalue weighted by Crippen LogP contribution is 2.18. The molecule has 0 saturated heterocycles. The van der Waals surface area contributed by atoms with Crippen molar-refractivity contribution < 1.29 is 4.39 Å². The Bertz CT molecular complexity index is 800. The summed E-state index contributed by atoms with van der Waals surface area (Å²) in [6, 6.07) is 12.2. The Hall–Kier alpha value is -2.18. The second kappa shape index (κ2) is 6.29. The van der Waals surface area contributed by atoms with Crippen molar-refractivity contribution in [2.75, 3.05) is 5.32 Å². The van der Waals surface area contributed by atoms with Crippen LogP contribution in [-0.2, 0) is 6.54 Å². The molecule has 4 nitrogen and oxygen atoms in total. The number of hydrogen-bond donors (Lipinski definition) is 3. The van der Waals surface area contributed by atoms with Gasteiger partial charge in [0.1, 0.15) is 11.6 Å². The first-order chi connectivity index (χ1) is 10.6. The molecule has 0 fully saturated rings. The Morgan fingerprint density at radius 3 is 2.86 bits per heavy atom. The number of halogens is 2. The largest absolute Gasteiger partial charge is 0.355 e. The van der Waals surface area contributed by atoms with E-state index in [1.54, 1.807) is 6.07 Å². The highest BCUT2D eigenvalue weighted by atomic mass is 35.5. The van der Waals surface area contributed by atoms with Gasteiger partial charge in [-0.3, -0.25) is 0 Å². The fourth-order valence-corrected chi connectivity index (χ4v) is 2.31. The lowest BCUT2D eigenvalue weighted by molar-refractivity contribution is 0.629. The monoisotopic (exact) mass is 334 g/mol. The molecule has 1 aromatic heterocycles. The number of aromatic amines is 1. The van der Waals surface area contributed by atoms with E-state index in [0.717, 1.165) is 16.9 Å². The predicted molar refractivity (Wildman–Crippen MR) is 90.6 cm³/mol. The van der Waals surface area contributed by atoms with E-state index in [-0.39, 0.29) is 5.02 Å². The van der Waals surface area contributed by atoms with Crippen molar-refractivity contribution in [1.82, 2.24) is 15.3 Å². The molecule has 22 heavy (non-hydrogen) atoms. The van der Waals surface area contributed by atoms with Crippen molar-refractivity contribution in [3.63, 3.8) is 0 Å². The Kier molecular flexibility index (Phi) is 4.22. The van der Waals surface area contributed by atoms with Gasteiger partial charge >= 0.3 is 0 Å². The molecular weight excluding hydrogens is 323 g/mol. The summed E-state index contributed by atoms with van der Waals surface area (Å²) in [6.45, 7) is 0.441. The van der Waals surface area contributed by atoms with Crippen molar-refractivity contribution in [2.45, 2.75) is 6.54 Å². The van der Waals surface area contributed by atoms with E-state index in [1.807, 2.05) is 24.3 Å². The Labute approximate surface area is 136 Å². The van der Waals surface area contributed by atoms with Gasteiger partial charge in [0.25, 0.3) is 0 Å². The standard InChI is InChI=1S/C15H12ClFN4S/c16-10-6-5-9(7-11(10)17)19-15(22)18-8-14-20-12-3-1-2-4-13(12)21-14/h1-7H,8H2,(H,20,21)(H2,18,19,22). The first kappa shape index (κ1) is 14.7. The van der Waals surface area contributed by atoms with Gasteiger partial charge in [0.2, 0.25) is 0 Å². The van der Waals surface area contributed by atoms with Crippen LogP contribution >= 0.6 is 23.8 Å². The van der Waals surface area contributed by atoms with E-state index in [0.29, 0.717) is 17.3 Å². The van der Waals surface area contributed by atoms with Gasteiger partial charge in [0.15, 0.2) is 5.11 Å². The van der Waals surface area contributed by atoms with Gasteiger partial charge in [-0.2, -0.15) is 0 Å². The molecule has 3 aromatic rings. The van der Waals surface area contributed by atoms with Crippen molar-refractivity contribution in [2.24, 2.45) is 0 Å². The summed E-state index contributed by atoms with van der Waals surface area (Å²) in [5.74, 6) is 0.277. The average Bonchev–Trinajstić information content (AvgIpc) is 2.92. The zero-order valence-corrected chi connectivity index (χ0v) is 12.9. The second-order valence-corrected chi connectivity index (χ2v) is 5.45. The molecule has 0 atom stereocenters. The second-order valence-electron chi connectivity index (χ2n) is 4.64. The fraction of sp³-hybridized carbons (Fsp3) is 0.0667. The maximum atomic E-state index is 13.3. The molecule has 0 aliphatic heterocycles. The van der Waals surface area contributed by atoms with E-state index in [1.165, 1.54) is 12.1 Å². The van der Waals surface area contributed by atoms with Gasteiger partial charge in [-0.1, -0.05) is 23.7 Å². The molecule has 0 radical (unpaired) electrons. The summed E-state index contributed by atoms with van der Waals surface area (Å²) < 4.78 is 13.3. The molecule has 7 heteroatoms. The number of nitrogens with one attached hydrogen (secondary N) is 3. The molecule has 0 unspecified atom stereocenters. The van der Waals surface area contributed by atoms with Crippen LogP contribution in [0.5, 0.6) is 0 Å².